The van der Waals surface area contributed by atoms with Gasteiger partial charge in [0.05, 0.1) is 5.92 Å². The van der Waals surface area contributed by atoms with E-state index in [0.29, 0.717) is 12.8 Å². The van der Waals surface area contributed by atoms with E-state index >= 15 is 0 Å². The van der Waals surface area contributed by atoms with E-state index in [1.165, 1.54) is 0 Å². The number of carbonyl (C=O) groups is 3. The Morgan fingerprint density at radius 2 is 1.92 bits per heavy atom. The van der Waals surface area contributed by atoms with Gasteiger partial charge >= 0.3 is 0 Å². The van der Waals surface area contributed by atoms with Crippen LogP contribution in [0.15, 0.2) is 0 Å². The van der Waals surface area contributed by atoms with Crippen LogP contribution in [-0.4, -0.2) is 29.9 Å². The average molecular weight is 204 g/mol. The molecule has 0 aromatic rings. The smallest absolute Gasteiger partial charge is 0.234 e. The van der Waals surface area contributed by atoms with Crippen LogP contribution in [0.2, 0.25) is 0 Å². The Labute approximate surface area is 80.6 Å². The topological polar surface area (TPSA) is 63.2 Å². The van der Waals surface area contributed by atoms with E-state index in [1.54, 1.807) is 0 Å². The van der Waals surface area contributed by atoms with Crippen molar-refractivity contribution in [3.63, 3.8) is 0 Å². The lowest BCUT2D eigenvalue weighted by Gasteiger charge is -2.06. The highest BCUT2D eigenvalue weighted by molar-refractivity contribution is 6.27. The van der Waals surface area contributed by atoms with E-state index < -0.39 is 5.92 Å². The highest BCUT2D eigenvalue weighted by Crippen LogP contribution is 2.16. The summed E-state index contributed by atoms with van der Waals surface area (Å²) in [7, 11) is 0. The fourth-order valence-electron chi connectivity index (χ4n) is 1.27. The van der Waals surface area contributed by atoms with Crippen LogP contribution in [0.4, 0.5) is 0 Å². The lowest BCUT2D eigenvalue weighted by Crippen LogP contribution is -2.34. The van der Waals surface area contributed by atoms with Crippen molar-refractivity contribution in [2.24, 2.45) is 5.92 Å². The van der Waals surface area contributed by atoms with Crippen molar-refractivity contribution in [1.29, 1.82) is 0 Å². The molecule has 0 saturated heterocycles. The summed E-state index contributed by atoms with van der Waals surface area (Å²) in [4.78, 5) is 32.9. The molecule has 0 atom stereocenters. The van der Waals surface area contributed by atoms with E-state index in [9.17, 15) is 14.4 Å². The molecule has 0 aromatic heterocycles. The molecule has 1 amide bonds. The Morgan fingerprint density at radius 3 is 2.38 bits per heavy atom. The Kier molecular flexibility index (Phi) is 3.42. The van der Waals surface area contributed by atoms with Gasteiger partial charge in [-0.25, -0.2) is 0 Å². The highest BCUT2D eigenvalue weighted by Gasteiger charge is 2.32. The highest BCUT2D eigenvalue weighted by atomic mass is 35.5. The van der Waals surface area contributed by atoms with Gasteiger partial charge in [0.1, 0.15) is 17.4 Å². The lowest BCUT2D eigenvalue weighted by atomic mass is 10.1. The molecule has 13 heavy (non-hydrogen) atoms. The van der Waals surface area contributed by atoms with Gasteiger partial charge in [-0.3, -0.25) is 14.4 Å². The number of hydrogen-bond donors (Lipinski definition) is 1. The third-order valence-electron chi connectivity index (χ3n) is 2.02. The number of rotatable bonds is 3. The second-order valence-corrected chi connectivity index (χ2v) is 3.19. The van der Waals surface area contributed by atoms with Crippen molar-refractivity contribution in [2.75, 3.05) is 12.4 Å². The molecule has 5 heteroatoms. The molecule has 0 spiro atoms. The van der Waals surface area contributed by atoms with Gasteiger partial charge in [-0.15, -0.1) is 11.6 Å². The van der Waals surface area contributed by atoms with Crippen LogP contribution in [-0.2, 0) is 14.4 Å². The van der Waals surface area contributed by atoms with Crippen molar-refractivity contribution in [1.82, 2.24) is 5.32 Å². The molecule has 0 radical (unpaired) electrons. The maximum Gasteiger partial charge on any atom is 0.234 e. The normalized spacial score (nSPS) is 17.9. The third-order valence-corrected chi connectivity index (χ3v) is 2.26. The number of Topliss-reactive ketones (excluding diaryl/α,β-unsaturated/α-hetero) is 2. The van der Waals surface area contributed by atoms with Crippen molar-refractivity contribution in [2.45, 2.75) is 12.8 Å². The van der Waals surface area contributed by atoms with Crippen LogP contribution < -0.4 is 5.32 Å². The van der Waals surface area contributed by atoms with Crippen LogP contribution in [0, 0.1) is 5.92 Å². The molecular weight excluding hydrogens is 194 g/mol. The molecule has 0 aliphatic heterocycles. The molecule has 1 aliphatic carbocycles. The first-order chi connectivity index (χ1) is 6.15. The van der Waals surface area contributed by atoms with E-state index in [0.717, 1.165) is 0 Å². The largest absolute Gasteiger partial charge is 0.354 e. The van der Waals surface area contributed by atoms with Gasteiger partial charge in [0.15, 0.2) is 0 Å². The summed E-state index contributed by atoms with van der Waals surface area (Å²) in [6.07, 6.45) is 0.612. The summed E-state index contributed by atoms with van der Waals surface area (Å²) >= 11 is 5.23. The van der Waals surface area contributed by atoms with Crippen molar-refractivity contribution in [3.8, 4) is 0 Å². The summed E-state index contributed by atoms with van der Waals surface area (Å²) in [5, 5.41) is 2.42. The van der Waals surface area contributed by atoms with Crippen LogP contribution in [0.25, 0.3) is 0 Å². The first kappa shape index (κ1) is 10.2. The van der Waals surface area contributed by atoms with E-state index in [1.807, 2.05) is 0 Å². The monoisotopic (exact) mass is 203 g/mol. The number of nitrogens with one attached hydrogen (secondary N) is 1. The van der Waals surface area contributed by atoms with Gasteiger partial charge < -0.3 is 5.32 Å². The van der Waals surface area contributed by atoms with E-state index in [4.69, 9.17) is 11.6 Å². The second kappa shape index (κ2) is 4.37. The minimum atomic E-state index is -0.632. The molecule has 1 N–H and O–H groups in total. The molecular formula is C8H10ClNO3. The molecule has 1 saturated carbocycles. The van der Waals surface area contributed by atoms with Crippen LogP contribution in [0.3, 0.4) is 0 Å². The van der Waals surface area contributed by atoms with Crippen molar-refractivity contribution in [3.05, 3.63) is 0 Å². The van der Waals surface area contributed by atoms with Gasteiger partial charge in [0.25, 0.3) is 0 Å². The molecule has 1 fully saturated rings. The van der Waals surface area contributed by atoms with E-state index in [-0.39, 0.29) is 29.9 Å². The Balaban J connectivity index is 2.40. The fourth-order valence-corrected chi connectivity index (χ4v) is 1.36. The Hall–Kier alpha value is -0.900. The van der Waals surface area contributed by atoms with Gasteiger partial charge in [0.2, 0.25) is 5.91 Å². The molecule has 1 rings (SSSR count). The molecule has 72 valence electrons. The third kappa shape index (κ3) is 2.52. The quantitative estimate of drug-likeness (QED) is 0.514. The summed E-state index contributed by atoms with van der Waals surface area (Å²) in [5.74, 6) is -1.30. The zero-order valence-electron chi connectivity index (χ0n) is 7.01. The summed E-state index contributed by atoms with van der Waals surface area (Å²) in [6, 6.07) is 0. The summed E-state index contributed by atoms with van der Waals surface area (Å²) in [6.45, 7) is 0.100. The maximum absolute atomic E-state index is 11.1. The second-order valence-electron chi connectivity index (χ2n) is 2.92. The van der Waals surface area contributed by atoms with Crippen LogP contribution >= 0.6 is 11.6 Å². The lowest BCUT2D eigenvalue weighted by molar-refractivity contribution is -0.127. The molecule has 1 aliphatic rings. The molecule has 0 heterocycles. The number of halogens is 1. The maximum atomic E-state index is 11.1. The fraction of sp³-hybridized carbons (Fsp3) is 0.625. The first-order valence-electron chi connectivity index (χ1n) is 4.03. The van der Waals surface area contributed by atoms with Gasteiger partial charge in [-0.2, -0.15) is 0 Å². The Morgan fingerprint density at radius 1 is 1.38 bits per heavy atom. The number of amides is 1. The minimum Gasteiger partial charge on any atom is -0.354 e. The number of carbonyl (C=O) groups excluding carboxylic acids is 3. The number of hydrogen-bond acceptors (Lipinski definition) is 3. The van der Waals surface area contributed by atoms with Gasteiger partial charge in [0, 0.05) is 19.4 Å². The molecule has 4 nitrogen and oxygen atoms in total. The first-order valence-corrected chi connectivity index (χ1v) is 4.56. The zero-order chi connectivity index (χ0) is 9.84. The van der Waals surface area contributed by atoms with Gasteiger partial charge in [-0.1, -0.05) is 0 Å². The van der Waals surface area contributed by atoms with E-state index in [2.05, 4.69) is 5.32 Å². The summed E-state index contributed by atoms with van der Waals surface area (Å²) < 4.78 is 0. The summed E-state index contributed by atoms with van der Waals surface area (Å²) in [5.41, 5.74) is 0. The minimum absolute atomic E-state index is 0.0835. The zero-order valence-corrected chi connectivity index (χ0v) is 7.76. The predicted molar refractivity (Wildman–Crippen MR) is 46.5 cm³/mol. The van der Waals surface area contributed by atoms with Crippen molar-refractivity contribution < 1.29 is 14.4 Å². The number of ketones is 2. The molecule has 0 bridgehead atoms. The SMILES string of the molecule is O=C(CCl)NCC1C(=O)CCC1=O. The number of alkyl halides is 1. The van der Waals surface area contributed by atoms with Crippen LogP contribution in [0.1, 0.15) is 12.8 Å². The molecule has 0 unspecified atom stereocenters. The van der Waals surface area contributed by atoms with Crippen molar-refractivity contribution >= 4 is 29.1 Å². The van der Waals surface area contributed by atoms with Crippen LogP contribution in [0.5, 0.6) is 0 Å². The Bertz CT molecular complexity index is 236. The molecule has 0 aromatic carbocycles. The average Bonchev–Trinajstić information content (AvgIpc) is 2.43. The predicted octanol–water partition coefficient (Wildman–Crippen LogP) is -0.110. The van der Waals surface area contributed by atoms with Gasteiger partial charge in [-0.05, 0) is 0 Å². The standard InChI is InChI=1S/C8H10ClNO3/c9-3-8(13)10-4-5-6(11)1-2-7(5)12/h5H,1-4H2,(H,10,13).